The highest BCUT2D eigenvalue weighted by Crippen LogP contribution is 2.19. The molecule has 0 radical (unpaired) electrons. The molecule has 0 saturated heterocycles. The highest BCUT2D eigenvalue weighted by molar-refractivity contribution is 5.88. The third-order valence-corrected chi connectivity index (χ3v) is 3.13. The molecular weight excluding hydrogens is 256 g/mol. The molecule has 2 aromatic rings. The lowest BCUT2D eigenvalue weighted by atomic mass is 10.1. The summed E-state index contributed by atoms with van der Waals surface area (Å²) in [5.74, 6) is -0.602. The fraction of sp³-hybridized carbons (Fsp3) is 0.333. The van der Waals surface area contributed by atoms with Gasteiger partial charge in [0, 0.05) is 6.20 Å². The Labute approximate surface area is 117 Å². The molecule has 1 aromatic heterocycles. The Balaban J connectivity index is 2.56. The number of carbonyl (C=O) groups excluding carboxylic acids is 1. The second-order valence-electron chi connectivity index (χ2n) is 4.80. The van der Waals surface area contributed by atoms with Gasteiger partial charge in [-0.2, -0.15) is 0 Å². The van der Waals surface area contributed by atoms with E-state index in [1.807, 2.05) is 32.9 Å². The van der Waals surface area contributed by atoms with Crippen molar-refractivity contribution in [2.75, 3.05) is 6.61 Å². The fourth-order valence-corrected chi connectivity index (χ4v) is 2.42. The summed E-state index contributed by atoms with van der Waals surface area (Å²) in [5, 5.41) is 2.83. The van der Waals surface area contributed by atoms with Gasteiger partial charge >= 0.3 is 5.97 Å². The van der Waals surface area contributed by atoms with Crippen molar-refractivity contribution in [2.45, 2.75) is 27.7 Å². The van der Waals surface area contributed by atoms with E-state index in [9.17, 15) is 9.59 Å². The molecule has 0 unspecified atom stereocenters. The number of nitrogens with one attached hydrogen (secondary N) is 1. The lowest BCUT2D eigenvalue weighted by Crippen LogP contribution is -2.22. The summed E-state index contributed by atoms with van der Waals surface area (Å²) in [6.45, 7) is 7.83. The lowest BCUT2D eigenvalue weighted by Gasteiger charge is -2.11. The molecule has 0 atom stereocenters. The van der Waals surface area contributed by atoms with E-state index in [0.29, 0.717) is 0 Å². The van der Waals surface area contributed by atoms with E-state index in [2.05, 4.69) is 5.10 Å². The summed E-state index contributed by atoms with van der Waals surface area (Å²) in [6, 6.07) is 4.00. The second-order valence-corrected chi connectivity index (χ2v) is 4.80. The van der Waals surface area contributed by atoms with Crippen LogP contribution in [0.2, 0.25) is 0 Å². The molecular formula is C15H18N2O3. The van der Waals surface area contributed by atoms with Crippen molar-refractivity contribution in [3.8, 4) is 5.69 Å². The number of rotatable bonds is 3. The quantitative estimate of drug-likeness (QED) is 0.873. The van der Waals surface area contributed by atoms with E-state index in [1.165, 1.54) is 10.9 Å². The minimum absolute atomic E-state index is 0.0197. The predicted molar refractivity (Wildman–Crippen MR) is 76.6 cm³/mol. The van der Waals surface area contributed by atoms with Gasteiger partial charge in [-0.05, 0) is 38.8 Å². The van der Waals surface area contributed by atoms with Crippen LogP contribution in [0.1, 0.15) is 34.0 Å². The van der Waals surface area contributed by atoms with Crippen LogP contribution in [-0.2, 0) is 4.74 Å². The van der Waals surface area contributed by atoms with Crippen molar-refractivity contribution >= 4 is 5.97 Å². The summed E-state index contributed by atoms with van der Waals surface area (Å²) < 4.78 is 6.25. The SMILES string of the molecule is CCOC(=O)c1c[nH]n(-c2c(C)cc(C)cc2C)c1=O. The van der Waals surface area contributed by atoms with Crippen molar-refractivity contribution in [2.24, 2.45) is 0 Å². The first kappa shape index (κ1) is 14.1. The van der Waals surface area contributed by atoms with Gasteiger partial charge in [0.05, 0.1) is 12.3 Å². The Morgan fingerprint density at radius 3 is 2.40 bits per heavy atom. The molecule has 5 heteroatoms. The van der Waals surface area contributed by atoms with Gasteiger partial charge in [0.25, 0.3) is 5.56 Å². The van der Waals surface area contributed by atoms with E-state index in [-0.39, 0.29) is 12.2 Å². The number of ether oxygens (including phenoxy) is 1. The number of H-pyrrole nitrogens is 1. The Kier molecular flexibility index (Phi) is 3.79. The molecule has 0 amide bonds. The predicted octanol–water partition coefficient (Wildman–Crippen LogP) is 2.27. The van der Waals surface area contributed by atoms with Crippen LogP contribution >= 0.6 is 0 Å². The van der Waals surface area contributed by atoms with E-state index in [4.69, 9.17) is 4.74 Å². The molecule has 0 fully saturated rings. The molecule has 20 heavy (non-hydrogen) atoms. The number of esters is 1. The number of carbonyl (C=O) groups is 1. The normalized spacial score (nSPS) is 10.6. The van der Waals surface area contributed by atoms with Crippen LogP contribution in [0.25, 0.3) is 5.69 Å². The average molecular weight is 274 g/mol. The third kappa shape index (κ3) is 2.39. The van der Waals surface area contributed by atoms with Crippen LogP contribution in [0.5, 0.6) is 0 Å². The molecule has 0 aliphatic rings. The fourth-order valence-electron chi connectivity index (χ4n) is 2.42. The maximum atomic E-state index is 12.3. The first-order valence-electron chi connectivity index (χ1n) is 6.51. The molecule has 1 N–H and O–H groups in total. The molecule has 106 valence electrons. The maximum absolute atomic E-state index is 12.3. The molecule has 1 aromatic carbocycles. The average Bonchev–Trinajstić information content (AvgIpc) is 2.71. The van der Waals surface area contributed by atoms with E-state index in [0.717, 1.165) is 22.4 Å². The van der Waals surface area contributed by atoms with E-state index < -0.39 is 11.5 Å². The number of aromatic amines is 1. The molecule has 0 aliphatic heterocycles. The first-order chi connectivity index (χ1) is 9.45. The molecule has 5 nitrogen and oxygen atoms in total. The van der Waals surface area contributed by atoms with Crippen LogP contribution in [0.4, 0.5) is 0 Å². The van der Waals surface area contributed by atoms with Crippen molar-refractivity contribution in [1.82, 2.24) is 9.78 Å². The van der Waals surface area contributed by atoms with Gasteiger partial charge in [-0.15, -0.1) is 0 Å². The topological polar surface area (TPSA) is 64.1 Å². The molecule has 0 aliphatic carbocycles. The third-order valence-electron chi connectivity index (χ3n) is 3.13. The van der Waals surface area contributed by atoms with Crippen LogP contribution in [0, 0.1) is 20.8 Å². The number of aryl methyl sites for hydroxylation is 3. The number of nitrogens with zero attached hydrogens (tertiary/aromatic N) is 1. The standard InChI is InChI=1S/C15H18N2O3/c1-5-20-15(19)12-8-16-17(14(12)18)13-10(3)6-9(2)7-11(13)4/h6-8,16H,5H2,1-4H3. The van der Waals surface area contributed by atoms with Gasteiger partial charge in [-0.1, -0.05) is 17.7 Å². The van der Waals surface area contributed by atoms with Crippen LogP contribution < -0.4 is 5.56 Å². The minimum Gasteiger partial charge on any atom is -0.462 e. The monoisotopic (exact) mass is 274 g/mol. The second kappa shape index (κ2) is 5.36. The zero-order chi connectivity index (χ0) is 14.9. The zero-order valence-electron chi connectivity index (χ0n) is 12.1. The van der Waals surface area contributed by atoms with Gasteiger partial charge in [0.15, 0.2) is 0 Å². The smallest absolute Gasteiger partial charge is 0.345 e. The minimum atomic E-state index is -0.602. The molecule has 0 saturated carbocycles. The van der Waals surface area contributed by atoms with E-state index in [1.54, 1.807) is 6.92 Å². The van der Waals surface area contributed by atoms with Gasteiger partial charge in [0.2, 0.25) is 0 Å². The molecule has 0 bridgehead atoms. The lowest BCUT2D eigenvalue weighted by molar-refractivity contribution is 0.0525. The van der Waals surface area contributed by atoms with Gasteiger partial charge in [-0.25, -0.2) is 9.48 Å². The van der Waals surface area contributed by atoms with Crippen LogP contribution in [-0.4, -0.2) is 22.4 Å². The Morgan fingerprint density at radius 2 is 1.85 bits per heavy atom. The van der Waals surface area contributed by atoms with Crippen LogP contribution in [0.15, 0.2) is 23.1 Å². The van der Waals surface area contributed by atoms with Crippen molar-refractivity contribution < 1.29 is 9.53 Å². The number of hydrogen-bond donors (Lipinski definition) is 1. The van der Waals surface area contributed by atoms with Gasteiger partial charge < -0.3 is 4.74 Å². The largest absolute Gasteiger partial charge is 0.462 e. The first-order valence-corrected chi connectivity index (χ1v) is 6.51. The van der Waals surface area contributed by atoms with Crippen molar-refractivity contribution in [1.29, 1.82) is 0 Å². The highest BCUT2D eigenvalue weighted by atomic mass is 16.5. The van der Waals surface area contributed by atoms with Gasteiger partial charge in [-0.3, -0.25) is 9.89 Å². The summed E-state index contributed by atoms with van der Waals surface area (Å²) >= 11 is 0. The van der Waals surface area contributed by atoms with Crippen molar-refractivity contribution in [3.63, 3.8) is 0 Å². The highest BCUT2D eigenvalue weighted by Gasteiger charge is 2.18. The zero-order valence-corrected chi connectivity index (χ0v) is 12.1. The Morgan fingerprint density at radius 1 is 1.25 bits per heavy atom. The van der Waals surface area contributed by atoms with Crippen LogP contribution in [0.3, 0.4) is 0 Å². The number of benzene rings is 1. The summed E-state index contributed by atoms with van der Waals surface area (Å²) in [5.41, 5.74) is 3.48. The van der Waals surface area contributed by atoms with Gasteiger partial charge in [0.1, 0.15) is 5.56 Å². The Bertz CT molecular complexity index is 687. The summed E-state index contributed by atoms with van der Waals surface area (Å²) in [6.07, 6.45) is 1.39. The van der Waals surface area contributed by atoms with E-state index >= 15 is 0 Å². The molecule has 0 spiro atoms. The number of hydrogen-bond acceptors (Lipinski definition) is 3. The number of aromatic nitrogens is 2. The summed E-state index contributed by atoms with van der Waals surface area (Å²) in [7, 11) is 0. The van der Waals surface area contributed by atoms with Crippen molar-refractivity contribution in [3.05, 3.63) is 50.9 Å². The molecule has 2 rings (SSSR count). The maximum Gasteiger partial charge on any atom is 0.345 e. The molecule has 1 heterocycles. The Hall–Kier alpha value is -2.30. The summed E-state index contributed by atoms with van der Waals surface area (Å²) in [4.78, 5) is 24.0.